The van der Waals surface area contributed by atoms with Gasteiger partial charge in [0.2, 0.25) is 0 Å². The van der Waals surface area contributed by atoms with E-state index in [1.807, 2.05) is 0 Å². The topological polar surface area (TPSA) is 52.9 Å². The summed E-state index contributed by atoms with van der Waals surface area (Å²) in [6.45, 7) is 0.0277. The van der Waals surface area contributed by atoms with Crippen LogP contribution in [0.4, 0.5) is 10.1 Å². The van der Waals surface area contributed by atoms with Crippen molar-refractivity contribution in [3.8, 4) is 0 Å². The van der Waals surface area contributed by atoms with Gasteiger partial charge < -0.3 is 5.11 Å². The van der Waals surface area contributed by atoms with Crippen LogP contribution in [-0.2, 0) is 4.79 Å². The Morgan fingerprint density at radius 2 is 1.96 bits per heavy atom. The summed E-state index contributed by atoms with van der Waals surface area (Å²) in [4.78, 5) is 18.5. The maximum absolute atomic E-state index is 14.3. The zero-order chi connectivity index (χ0) is 19.4. The van der Waals surface area contributed by atoms with Crippen molar-refractivity contribution in [1.82, 2.24) is 0 Å². The highest BCUT2D eigenvalue weighted by Crippen LogP contribution is 2.32. The first-order valence-corrected chi connectivity index (χ1v) is 9.83. The highest BCUT2D eigenvalue weighted by atomic mass is 35.5. The molecule has 140 valence electrons. The molecule has 0 saturated carbocycles. The number of aliphatic hydroxyl groups is 1. The SMILES string of the molecule is O=C1/C(=C/c2ccc(Cl)c(Cl)c2)N=C(SCCCO)N1c1ccccc1F. The molecule has 1 aliphatic rings. The molecular weight excluding hydrogens is 410 g/mol. The van der Waals surface area contributed by atoms with E-state index in [0.29, 0.717) is 33.0 Å². The van der Waals surface area contributed by atoms with E-state index in [1.165, 1.54) is 28.8 Å². The summed E-state index contributed by atoms with van der Waals surface area (Å²) in [6.07, 6.45) is 2.12. The first-order chi connectivity index (χ1) is 13.0. The van der Waals surface area contributed by atoms with E-state index in [2.05, 4.69) is 4.99 Å². The second-order valence-corrected chi connectivity index (χ2v) is 7.49. The number of carbonyl (C=O) groups is 1. The quantitative estimate of drug-likeness (QED) is 0.543. The fourth-order valence-electron chi connectivity index (χ4n) is 2.43. The molecule has 1 amide bonds. The van der Waals surface area contributed by atoms with Crippen LogP contribution in [0.3, 0.4) is 0 Å². The summed E-state index contributed by atoms with van der Waals surface area (Å²) in [5, 5.41) is 10.1. The van der Waals surface area contributed by atoms with Gasteiger partial charge in [0, 0.05) is 12.4 Å². The molecule has 0 spiro atoms. The van der Waals surface area contributed by atoms with Gasteiger partial charge in [-0.15, -0.1) is 0 Å². The van der Waals surface area contributed by atoms with Gasteiger partial charge in [-0.1, -0.05) is 53.2 Å². The summed E-state index contributed by atoms with van der Waals surface area (Å²) in [5.74, 6) is -0.400. The lowest BCUT2D eigenvalue weighted by atomic mass is 10.2. The van der Waals surface area contributed by atoms with Crippen molar-refractivity contribution >= 4 is 57.8 Å². The monoisotopic (exact) mass is 424 g/mol. The number of hydrogen-bond donors (Lipinski definition) is 1. The second-order valence-electron chi connectivity index (χ2n) is 5.62. The first-order valence-electron chi connectivity index (χ1n) is 8.09. The van der Waals surface area contributed by atoms with E-state index in [4.69, 9.17) is 28.3 Å². The number of aliphatic hydroxyl groups excluding tert-OH is 1. The molecule has 8 heteroatoms. The molecule has 0 aromatic heterocycles. The minimum Gasteiger partial charge on any atom is -0.396 e. The van der Waals surface area contributed by atoms with Crippen molar-refractivity contribution in [2.24, 2.45) is 4.99 Å². The van der Waals surface area contributed by atoms with Gasteiger partial charge in [-0.25, -0.2) is 9.38 Å². The molecule has 1 aliphatic heterocycles. The Balaban J connectivity index is 1.98. The molecular formula is C19H15Cl2FN2O2S. The summed E-state index contributed by atoms with van der Waals surface area (Å²) in [5.41, 5.74) is 0.963. The normalized spacial score (nSPS) is 15.6. The predicted octanol–water partition coefficient (Wildman–Crippen LogP) is 4.99. The van der Waals surface area contributed by atoms with Gasteiger partial charge in [-0.2, -0.15) is 0 Å². The van der Waals surface area contributed by atoms with Gasteiger partial charge in [-0.05, 0) is 42.3 Å². The number of hydrogen-bond acceptors (Lipinski definition) is 4. The molecule has 0 saturated heterocycles. The van der Waals surface area contributed by atoms with Gasteiger partial charge in [0.05, 0.1) is 15.7 Å². The lowest BCUT2D eigenvalue weighted by molar-refractivity contribution is -0.113. The molecule has 4 nitrogen and oxygen atoms in total. The lowest BCUT2D eigenvalue weighted by Gasteiger charge is -2.18. The molecule has 27 heavy (non-hydrogen) atoms. The Labute approximate surface area is 170 Å². The van der Waals surface area contributed by atoms with E-state index in [9.17, 15) is 9.18 Å². The van der Waals surface area contributed by atoms with Gasteiger partial charge in [0.15, 0.2) is 5.17 Å². The smallest absolute Gasteiger partial charge is 0.283 e. The van der Waals surface area contributed by atoms with Crippen molar-refractivity contribution < 1.29 is 14.3 Å². The minimum absolute atomic E-state index is 0.0277. The van der Waals surface area contributed by atoms with E-state index in [-0.39, 0.29) is 18.0 Å². The highest BCUT2D eigenvalue weighted by Gasteiger charge is 2.33. The van der Waals surface area contributed by atoms with Crippen LogP contribution >= 0.6 is 35.0 Å². The highest BCUT2D eigenvalue weighted by molar-refractivity contribution is 8.14. The lowest BCUT2D eigenvalue weighted by Crippen LogP contribution is -2.31. The van der Waals surface area contributed by atoms with Crippen molar-refractivity contribution in [3.05, 3.63) is 69.6 Å². The molecule has 0 aliphatic carbocycles. The Morgan fingerprint density at radius 3 is 2.67 bits per heavy atom. The predicted molar refractivity (Wildman–Crippen MR) is 110 cm³/mol. The third kappa shape index (κ3) is 4.52. The largest absolute Gasteiger partial charge is 0.396 e. The molecule has 0 atom stereocenters. The van der Waals surface area contributed by atoms with Crippen LogP contribution in [0.2, 0.25) is 10.0 Å². The number of carbonyl (C=O) groups excluding carboxylic acids is 1. The first kappa shape index (κ1) is 19.9. The van der Waals surface area contributed by atoms with Gasteiger partial charge in [0.1, 0.15) is 11.5 Å². The minimum atomic E-state index is -0.517. The zero-order valence-corrected chi connectivity index (χ0v) is 16.4. The number of benzene rings is 2. The van der Waals surface area contributed by atoms with Crippen LogP contribution in [0.15, 0.2) is 53.2 Å². The number of thioether (sulfide) groups is 1. The fraction of sp³-hybridized carbons (Fsp3) is 0.158. The molecule has 1 heterocycles. The molecule has 3 rings (SSSR count). The molecule has 0 bridgehead atoms. The molecule has 2 aromatic carbocycles. The maximum atomic E-state index is 14.3. The average molecular weight is 425 g/mol. The number of anilines is 1. The number of aliphatic imine (C=N–C) groups is 1. The molecule has 2 aromatic rings. The van der Waals surface area contributed by atoms with Crippen LogP contribution < -0.4 is 4.90 Å². The standard InChI is InChI=1S/C19H15Cl2FN2O2S/c20-13-7-6-12(10-14(13)21)11-16-18(26)24(17-5-2-1-4-15(17)22)19(23-16)27-9-3-8-25/h1-2,4-7,10-11,25H,3,8-9H2/b16-11-. The third-order valence-electron chi connectivity index (χ3n) is 3.70. The van der Waals surface area contributed by atoms with E-state index >= 15 is 0 Å². The van der Waals surface area contributed by atoms with E-state index in [0.717, 1.165) is 0 Å². The summed E-state index contributed by atoms with van der Waals surface area (Å²) in [7, 11) is 0. The van der Waals surface area contributed by atoms with Gasteiger partial charge in [0.25, 0.3) is 5.91 Å². The number of amides is 1. The van der Waals surface area contributed by atoms with Crippen molar-refractivity contribution in [2.45, 2.75) is 6.42 Å². The molecule has 0 fully saturated rings. The summed E-state index contributed by atoms with van der Waals surface area (Å²) in [6, 6.07) is 11.0. The van der Waals surface area contributed by atoms with Gasteiger partial charge >= 0.3 is 0 Å². The maximum Gasteiger partial charge on any atom is 0.283 e. The fourth-order valence-corrected chi connectivity index (χ4v) is 3.66. The van der Waals surface area contributed by atoms with Gasteiger partial charge in [-0.3, -0.25) is 9.69 Å². The van der Waals surface area contributed by atoms with Crippen LogP contribution in [0.1, 0.15) is 12.0 Å². The Morgan fingerprint density at radius 1 is 1.19 bits per heavy atom. The van der Waals surface area contributed by atoms with Crippen molar-refractivity contribution in [3.63, 3.8) is 0 Å². The van der Waals surface area contributed by atoms with E-state index < -0.39 is 11.7 Å². The number of nitrogens with zero attached hydrogens (tertiary/aromatic N) is 2. The number of para-hydroxylation sites is 1. The number of halogens is 3. The van der Waals surface area contributed by atoms with Crippen LogP contribution in [0, 0.1) is 5.82 Å². The molecule has 0 unspecified atom stereocenters. The second kappa shape index (κ2) is 8.89. The van der Waals surface area contributed by atoms with Crippen molar-refractivity contribution in [2.75, 3.05) is 17.3 Å². The Kier molecular flexibility index (Phi) is 6.55. The molecule has 0 radical (unpaired) electrons. The number of rotatable bonds is 5. The van der Waals surface area contributed by atoms with E-state index in [1.54, 1.807) is 36.4 Å². The Bertz CT molecular complexity index is 934. The van der Waals surface area contributed by atoms with Crippen LogP contribution in [0.5, 0.6) is 0 Å². The van der Waals surface area contributed by atoms with Crippen LogP contribution in [0.25, 0.3) is 6.08 Å². The number of amidine groups is 1. The Hall–Kier alpha value is -1.86. The summed E-state index contributed by atoms with van der Waals surface area (Å²) >= 11 is 13.2. The zero-order valence-electron chi connectivity index (χ0n) is 14.0. The average Bonchev–Trinajstić information content (AvgIpc) is 2.94. The molecule has 1 N–H and O–H groups in total. The third-order valence-corrected chi connectivity index (χ3v) is 5.47. The van der Waals surface area contributed by atoms with Crippen molar-refractivity contribution in [1.29, 1.82) is 0 Å². The summed E-state index contributed by atoms with van der Waals surface area (Å²) < 4.78 is 14.3. The van der Waals surface area contributed by atoms with Crippen LogP contribution in [-0.4, -0.2) is 28.5 Å².